The molecule has 90 valence electrons. The zero-order chi connectivity index (χ0) is 12.3. The second kappa shape index (κ2) is 5.15. The molecule has 0 bridgehead atoms. The number of hydrogen-bond donors (Lipinski definition) is 1. The molecule has 1 fully saturated rings. The number of nitrogens with zero attached hydrogens (tertiary/aromatic N) is 1. The molecule has 1 aliphatic heterocycles. The van der Waals surface area contributed by atoms with Gasteiger partial charge in [-0.25, -0.2) is 0 Å². The topological polar surface area (TPSA) is 40.5 Å². The Morgan fingerprint density at radius 2 is 2.18 bits per heavy atom. The molecule has 0 amide bonds. The molecular formula is C14H17NO2. The van der Waals surface area contributed by atoms with Gasteiger partial charge >= 0.3 is 5.97 Å². The number of rotatable bonds is 5. The Bertz CT molecular complexity index is 428. The van der Waals surface area contributed by atoms with Crippen molar-refractivity contribution >= 4 is 5.97 Å². The summed E-state index contributed by atoms with van der Waals surface area (Å²) in [5, 5.41) is 9.00. The van der Waals surface area contributed by atoms with Crippen LogP contribution in [0, 0.1) is 0 Å². The van der Waals surface area contributed by atoms with Gasteiger partial charge in [-0.05, 0) is 24.0 Å². The van der Waals surface area contributed by atoms with Gasteiger partial charge in [-0.15, -0.1) is 6.58 Å². The first-order valence-corrected chi connectivity index (χ1v) is 5.87. The van der Waals surface area contributed by atoms with Crippen molar-refractivity contribution in [3.8, 4) is 0 Å². The van der Waals surface area contributed by atoms with Gasteiger partial charge in [-0.3, -0.25) is 9.69 Å². The van der Waals surface area contributed by atoms with Gasteiger partial charge in [0.1, 0.15) is 6.04 Å². The highest BCUT2D eigenvalue weighted by Crippen LogP contribution is 2.22. The zero-order valence-corrected chi connectivity index (χ0v) is 9.80. The molecule has 0 aliphatic carbocycles. The molecule has 3 heteroatoms. The number of carboxylic acids is 1. The van der Waals surface area contributed by atoms with Crippen LogP contribution in [0.5, 0.6) is 0 Å². The minimum Gasteiger partial charge on any atom is -0.480 e. The Labute approximate surface area is 101 Å². The summed E-state index contributed by atoms with van der Waals surface area (Å²) in [6.07, 6.45) is 3.48. The second-order valence-electron chi connectivity index (χ2n) is 4.37. The number of allylic oxidation sites excluding steroid dienone is 1. The van der Waals surface area contributed by atoms with E-state index in [1.807, 2.05) is 23.1 Å². The summed E-state index contributed by atoms with van der Waals surface area (Å²) in [5.41, 5.74) is 2.44. The molecule has 1 heterocycles. The van der Waals surface area contributed by atoms with Crippen molar-refractivity contribution < 1.29 is 9.90 Å². The minimum absolute atomic E-state index is 0.299. The van der Waals surface area contributed by atoms with Crippen LogP contribution in [0.1, 0.15) is 17.5 Å². The Morgan fingerprint density at radius 3 is 2.71 bits per heavy atom. The van der Waals surface area contributed by atoms with Gasteiger partial charge in [0, 0.05) is 13.1 Å². The van der Waals surface area contributed by atoms with Gasteiger partial charge in [0.15, 0.2) is 0 Å². The maximum atomic E-state index is 10.9. The van der Waals surface area contributed by atoms with E-state index in [4.69, 9.17) is 5.11 Å². The third kappa shape index (κ3) is 2.56. The molecule has 1 N–H and O–H groups in total. The van der Waals surface area contributed by atoms with Crippen molar-refractivity contribution in [2.45, 2.75) is 25.4 Å². The van der Waals surface area contributed by atoms with Crippen LogP contribution in [0.2, 0.25) is 0 Å². The Kier molecular flexibility index (Phi) is 3.59. The molecular weight excluding hydrogens is 214 g/mol. The molecule has 0 saturated carbocycles. The second-order valence-corrected chi connectivity index (χ2v) is 4.37. The largest absolute Gasteiger partial charge is 0.480 e. The van der Waals surface area contributed by atoms with Crippen molar-refractivity contribution in [1.29, 1.82) is 0 Å². The lowest BCUT2D eigenvalue weighted by atomic mass is 9.99. The molecule has 0 spiro atoms. The normalized spacial score (nSPS) is 19.6. The monoisotopic (exact) mass is 231 g/mol. The molecule has 1 aromatic rings. The summed E-state index contributed by atoms with van der Waals surface area (Å²) in [4.78, 5) is 12.9. The molecule has 1 aromatic carbocycles. The van der Waals surface area contributed by atoms with E-state index in [1.165, 1.54) is 11.1 Å². The van der Waals surface area contributed by atoms with E-state index in [1.54, 1.807) is 0 Å². The molecule has 1 unspecified atom stereocenters. The predicted octanol–water partition coefficient (Wildman–Crippen LogP) is 2.07. The quantitative estimate of drug-likeness (QED) is 0.789. The Balaban J connectivity index is 2.08. The maximum absolute atomic E-state index is 10.9. The highest BCUT2D eigenvalue weighted by molar-refractivity contribution is 5.74. The van der Waals surface area contributed by atoms with Crippen LogP contribution >= 0.6 is 0 Å². The smallest absolute Gasteiger partial charge is 0.320 e. The van der Waals surface area contributed by atoms with Crippen molar-refractivity contribution in [3.63, 3.8) is 0 Å². The van der Waals surface area contributed by atoms with E-state index in [2.05, 4.69) is 18.7 Å². The van der Waals surface area contributed by atoms with E-state index < -0.39 is 5.97 Å². The van der Waals surface area contributed by atoms with Crippen LogP contribution in [0.25, 0.3) is 0 Å². The van der Waals surface area contributed by atoms with E-state index in [9.17, 15) is 4.79 Å². The average molecular weight is 231 g/mol. The van der Waals surface area contributed by atoms with Gasteiger partial charge in [0.25, 0.3) is 0 Å². The van der Waals surface area contributed by atoms with Crippen LogP contribution in [0.4, 0.5) is 0 Å². The van der Waals surface area contributed by atoms with Crippen LogP contribution in [-0.2, 0) is 17.8 Å². The number of likely N-dealkylation sites (tertiary alicyclic amines) is 1. The van der Waals surface area contributed by atoms with Crippen LogP contribution in [0.3, 0.4) is 0 Å². The highest BCUT2D eigenvalue weighted by Gasteiger charge is 2.33. The van der Waals surface area contributed by atoms with Crippen molar-refractivity contribution in [3.05, 3.63) is 48.0 Å². The molecule has 1 aliphatic rings. The average Bonchev–Trinajstić information content (AvgIpc) is 2.26. The summed E-state index contributed by atoms with van der Waals surface area (Å²) in [6.45, 7) is 5.34. The lowest BCUT2D eigenvalue weighted by molar-refractivity contribution is -0.148. The fraction of sp³-hybridized carbons (Fsp3) is 0.357. The Morgan fingerprint density at radius 1 is 1.47 bits per heavy atom. The summed E-state index contributed by atoms with van der Waals surface area (Å²) < 4.78 is 0. The lowest BCUT2D eigenvalue weighted by Gasteiger charge is -2.38. The summed E-state index contributed by atoms with van der Waals surface area (Å²) >= 11 is 0. The molecule has 17 heavy (non-hydrogen) atoms. The van der Waals surface area contributed by atoms with Crippen molar-refractivity contribution in [1.82, 2.24) is 4.90 Å². The van der Waals surface area contributed by atoms with Crippen molar-refractivity contribution in [2.24, 2.45) is 0 Å². The van der Waals surface area contributed by atoms with Gasteiger partial charge in [0.2, 0.25) is 0 Å². The molecule has 1 atom stereocenters. The van der Waals surface area contributed by atoms with Gasteiger partial charge < -0.3 is 5.11 Å². The number of aliphatic carboxylic acids is 1. The Hall–Kier alpha value is -1.61. The first-order valence-electron chi connectivity index (χ1n) is 5.87. The first kappa shape index (κ1) is 11.9. The zero-order valence-electron chi connectivity index (χ0n) is 9.80. The molecule has 1 saturated heterocycles. The molecule has 0 radical (unpaired) electrons. The van der Waals surface area contributed by atoms with E-state index in [-0.39, 0.29) is 6.04 Å². The third-order valence-electron chi connectivity index (χ3n) is 3.27. The summed E-state index contributed by atoms with van der Waals surface area (Å²) in [7, 11) is 0. The molecule has 0 aromatic heterocycles. The van der Waals surface area contributed by atoms with Crippen LogP contribution in [0.15, 0.2) is 36.9 Å². The number of carbonyl (C=O) groups is 1. The third-order valence-corrected chi connectivity index (χ3v) is 3.27. The van der Waals surface area contributed by atoms with E-state index in [0.717, 1.165) is 25.9 Å². The van der Waals surface area contributed by atoms with Gasteiger partial charge in [-0.1, -0.05) is 30.3 Å². The van der Waals surface area contributed by atoms with Gasteiger partial charge in [-0.2, -0.15) is 0 Å². The summed E-state index contributed by atoms with van der Waals surface area (Å²) in [6, 6.07) is 7.85. The fourth-order valence-corrected chi connectivity index (χ4v) is 2.19. The van der Waals surface area contributed by atoms with Crippen LogP contribution < -0.4 is 0 Å². The van der Waals surface area contributed by atoms with Crippen LogP contribution in [-0.4, -0.2) is 28.6 Å². The fourth-order valence-electron chi connectivity index (χ4n) is 2.19. The lowest BCUT2D eigenvalue weighted by Crippen LogP contribution is -2.51. The predicted molar refractivity (Wildman–Crippen MR) is 66.8 cm³/mol. The SMILES string of the molecule is C=CCc1ccccc1CN1CCC1C(=O)O. The van der Waals surface area contributed by atoms with E-state index >= 15 is 0 Å². The number of hydrogen-bond acceptors (Lipinski definition) is 2. The molecule has 2 rings (SSSR count). The molecule has 3 nitrogen and oxygen atoms in total. The van der Waals surface area contributed by atoms with E-state index in [0.29, 0.717) is 0 Å². The number of carboxylic acid groups (broad SMARTS) is 1. The van der Waals surface area contributed by atoms with Crippen molar-refractivity contribution in [2.75, 3.05) is 6.54 Å². The highest BCUT2D eigenvalue weighted by atomic mass is 16.4. The maximum Gasteiger partial charge on any atom is 0.320 e. The first-order chi connectivity index (χ1) is 8.22. The minimum atomic E-state index is -0.711. The van der Waals surface area contributed by atoms with Gasteiger partial charge in [0.05, 0.1) is 0 Å². The number of benzene rings is 1. The summed E-state index contributed by atoms with van der Waals surface area (Å²) in [5.74, 6) is -0.711. The standard InChI is InChI=1S/C14H17NO2/c1-2-5-11-6-3-4-7-12(11)10-15-9-8-13(15)14(16)17/h2-4,6-7,13H,1,5,8-10H2,(H,16,17).